The molecule has 2 aliphatic rings. The topological polar surface area (TPSA) is 77.8 Å². The van der Waals surface area contributed by atoms with Gasteiger partial charge in [0.05, 0.1) is 6.10 Å². The van der Waals surface area contributed by atoms with E-state index in [1.165, 1.54) is 12.2 Å². The zero-order valence-electron chi connectivity index (χ0n) is 11.8. The van der Waals surface area contributed by atoms with Crippen molar-refractivity contribution < 1.29 is 20.1 Å². The molecular weight excluding hydrogens is 244 g/mol. The van der Waals surface area contributed by atoms with Gasteiger partial charge in [0.25, 0.3) is 0 Å². The van der Waals surface area contributed by atoms with Crippen LogP contribution < -0.4 is 0 Å². The second kappa shape index (κ2) is 4.69. The van der Waals surface area contributed by atoms with Crippen molar-refractivity contribution in [3.63, 3.8) is 0 Å². The molecule has 4 heteroatoms. The fourth-order valence-electron chi connectivity index (χ4n) is 4.11. The standard InChI is InChI=1S/C15H24O4/c1-9(8-16)13-11(17)6-7-15(19)12(18)5-4-10(2)14(13,15)3/h6-7,9-10,12-13,16,18-19H,4-5,8H2,1-3H3/t9-,10+,12-,13+,14+,15+/m1/s1. The summed E-state index contributed by atoms with van der Waals surface area (Å²) in [6, 6.07) is 0. The van der Waals surface area contributed by atoms with Crippen molar-refractivity contribution in [3.05, 3.63) is 12.2 Å². The Bertz CT molecular complexity index is 405. The van der Waals surface area contributed by atoms with Crippen LogP contribution in [0.2, 0.25) is 0 Å². The van der Waals surface area contributed by atoms with Crippen molar-refractivity contribution in [2.24, 2.45) is 23.2 Å². The highest BCUT2D eigenvalue weighted by Crippen LogP contribution is 2.57. The van der Waals surface area contributed by atoms with Gasteiger partial charge < -0.3 is 15.3 Å². The average molecular weight is 268 g/mol. The lowest BCUT2D eigenvalue weighted by molar-refractivity contribution is -0.202. The summed E-state index contributed by atoms with van der Waals surface area (Å²) in [5.41, 5.74) is -2.12. The van der Waals surface area contributed by atoms with Gasteiger partial charge in [0.2, 0.25) is 0 Å². The maximum absolute atomic E-state index is 12.3. The van der Waals surface area contributed by atoms with Gasteiger partial charge in [0.15, 0.2) is 5.78 Å². The summed E-state index contributed by atoms with van der Waals surface area (Å²) in [7, 11) is 0. The first kappa shape index (κ1) is 14.7. The normalized spacial score (nSPS) is 47.9. The molecule has 0 aromatic rings. The van der Waals surface area contributed by atoms with Crippen LogP contribution in [-0.4, -0.2) is 39.4 Å². The molecule has 19 heavy (non-hydrogen) atoms. The molecule has 6 atom stereocenters. The van der Waals surface area contributed by atoms with Crippen molar-refractivity contribution in [1.29, 1.82) is 0 Å². The van der Waals surface area contributed by atoms with E-state index in [9.17, 15) is 20.1 Å². The Labute approximate surface area is 114 Å². The average Bonchev–Trinajstić information content (AvgIpc) is 2.38. The number of allylic oxidation sites excluding steroid dienone is 1. The lowest BCUT2D eigenvalue weighted by Gasteiger charge is -2.59. The van der Waals surface area contributed by atoms with E-state index in [0.717, 1.165) is 6.42 Å². The van der Waals surface area contributed by atoms with Crippen LogP contribution in [0.1, 0.15) is 33.6 Å². The number of aliphatic hydroxyl groups excluding tert-OH is 2. The maximum atomic E-state index is 12.3. The molecule has 0 aliphatic heterocycles. The lowest BCUT2D eigenvalue weighted by atomic mass is 9.48. The molecule has 0 bridgehead atoms. The third-order valence-electron chi connectivity index (χ3n) is 5.58. The number of fused-ring (bicyclic) bond motifs is 1. The maximum Gasteiger partial charge on any atom is 0.159 e. The molecule has 0 aromatic carbocycles. The van der Waals surface area contributed by atoms with E-state index < -0.39 is 23.0 Å². The SMILES string of the molecule is C[C@H](CO)[C@H]1C(=O)C=C[C@]2(O)[C@H](O)CC[C@H](C)[C@@]12C. The number of hydrogen-bond donors (Lipinski definition) is 3. The van der Waals surface area contributed by atoms with Crippen molar-refractivity contribution in [1.82, 2.24) is 0 Å². The minimum Gasteiger partial charge on any atom is -0.396 e. The zero-order chi connectivity index (χ0) is 14.4. The van der Waals surface area contributed by atoms with Gasteiger partial charge in [-0.15, -0.1) is 0 Å². The Morgan fingerprint density at radius 1 is 1.47 bits per heavy atom. The molecule has 2 aliphatic carbocycles. The minimum atomic E-state index is -1.38. The number of aliphatic hydroxyl groups is 3. The highest BCUT2D eigenvalue weighted by Gasteiger charge is 2.63. The summed E-state index contributed by atoms with van der Waals surface area (Å²) in [5, 5.41) is 30.6. The van der Waals surface area contributed by atoms with Crippen LogP contribution in [0.5, 0.6) is 0 Å². The minimum absolute atomic E-state index is 0.0605. The van der Waals surface area contributed by atoms with Gasteiger partial charge in [-0.25, -0.2) is 0 Å². The largest absolute Gasteiger partial charge is 0.396 e. The number of carbonyl (C=O) groups is 1. The van der Waals surface area contributed by atoms with E-state index in [-0.39, 0.29) is 24.2 Å². The van der Waals surface area contributed by atoms with E-state index in [2.05, 4.69) is 0 Å². The van der Waals surface area contributed by atoms with E-state index in [1.54, 1.807) is 0 Å². The number of carbonyl (C=O) groups excluding carboxylic acids is 1. The number of ketones is 1. The summed E-state index contributed by atoms with van der Waals surface area (Å²) in [6.45, 7) is 5.61. The van der Waals surface area contributed by atoms with Gasteiger partial charge in [0.1, 0.15) is 5.60 Å². The van der Waals surface area contributed by atoms with Crippen LogP contribution in [0.3, 0.4) is 0 Å². The highest BCUT2D eigenvalue weighted by atomic mass is 16.3. The Balaban J connectivity index is 2.57. The Morgan fingerprint density at radius 2 is 2.11 bits per heavy atom. The Morgan fingerprint density at radius 3 is 2.68 bits per heavy atom. The Hall–Kier alpha value is -0.710. The molecule has 0 amide bonds. The van der Waals surface area contributed by atoms with Crippen molar-refractivity contribution in [3.8, 4) is 0 Å². The molecule has 4 nitrogen and oxygen atoms in total. The molecule has 3 N–H and O–H groups in total. The molecule has 0 heterocycles. The molecule has 0 saturated heterocycles. The van der Waals surface area contributed by atoms with Crippen molar-refractivity contribution in [2.45, 2.75) is 45.3 Å². The number of hydrogen-bond acceptors (Lipinski definition) is 4. The van der Waals surface area contributed by atoms with Gasteiger partial charge >= 0.3 is 0 Å². The van der Waals surface area contributed by atoms with Gasteiger partial charge in [-0.1, -0.05) is 20.8 Å². The molecule has 1 fully saturated rings. The first-order chi connectivity index (χ1) is 8.79. The van der Waals surface area contributed by atoms with Crippen LogP contribution in [0.4, 0.5) is 0 Å². The van der Waals surface area contributed by atoms with Gasteiger partial charge in [0, 0.05) is 17.9 Å². The highest BCUT2D eigenvalue weighted by molar-refractivity contribution is 5.94. The van der Waals surface area contributed by atoms with Crippen molar-refractivity contribution >= 4 is 5.78 Å². The van der Waals surface area contributed by atoms with Crippen LogP contribution >= 0.6 is 0 Å². The summed E-state index contributed by atoms with van der Waals surface area (Å²) < 4.78 is 0. The zero-order valence-corrected chi connectivity index (χ0v) is 11.8. The summed E-state index contributed by atoms with van der Waals surface area (Å²) in [4.78, 5) is 12.3. The van der Waals surface area contributed by atoms with Crippen LogP contribution in [-0.2, 0) is 4.79 Å². The van der Waals surface area contributed by atoms with Gasteiger partial charge in [-0.3, -0.25) is 4.79 Å². The third kappa shape index (κ3) is 1.81. The predicted octanol–water partition coefficient (Wildman–Crippen LogP) is 0.898. The molecule has 2 rings (SSSR count). The predicted molar refractivity (Wildman–Crippen MR) is 71.3 cm³/mol. The number of rotatable bonds is 2. The summed E-state index contributed by atoms with van der Waals surface area (Å²) >= 11 is 0. The van der Waals surface area contributed by atoms with Gasteiger partial charge in [-0.2, -0.15) is 0 Å². The van der Waals surface area contributed by atoms with Crippen LogP contribution in [0, 0.1) is 23.2 Å². The van der Waals surface area contributed by atoms with Crippen molar-refractivity contribution in [2.75, 3.05) is 6.61 Å². The quantitative estimate of drug-likeness (QED) is 0.695. The molecule has 0 radical (unpaired) electrons. The fourth-order valence-corrected chi connectivity index (χ4v) is 4.11. The Kier molecular flexibility index (Phi) is 3.62. The van der Waals surface area contributed by atoms with Crippen LogP contribution in [0.15, 0.2) is 12.2 Å². The first-order valence-electron chi connectivity index (χ1n) is 7.03. The van der Waals surface area contributed by atoms with E-state index >= 15 is 0 Å². The molecule has 108 valence electrons. The monoisotopic (exact) mass is 268 g/mol. The van der Waals surface area contributed by atoms with E-state index in [0.29, 0.717) is 6.42 Å². The second-order valence-electron chi connectivity index (χ2n) is 6.48. The lowest BCUT2D eigenvalue weighted by Crippen LogP contribution is -2.66. The summed E-state index contributed by atoms with van der Waals surface area (Å²) in [5.74, 6) is -0.650. The van der Waals surface area contributed by atoms with E-state index in [1.807, 2.05) is 20.8 Å². The molecule has 0 aromatic heterocycles. The smallest absolute Gasteiger partial charge is 0.159 e. The third-order valence-corrected chi connectivity index (χ3v) is 5.58. The first-order valence-corrected chi connectivity index (χ1v) is 7.03. The second-order valence-corrected chi connectivity index (χ2v) is 6.48. The van der Waals surface area contributed by atoms with Crippen LogP contribution in [0.25, 0.3) is 0 Å². The molecule has 0 spiro atoms. The summed E-state index contributed by atoms with van der Waals surface area (Å²) in [6.07, 6.45) is 3.30. The molecule has 0 unspecified atom stereocenters. The van der Waals surface area contributed by atoms with Gasteiger partial charge in [-0.05, 0) is 36.8 Å². The fraction of sp³-hybridized carbons (Fsp3) is 0.800. The van der Waals surface area contributed by atoms with E-state index in [4.69, 9.17) is 0 Å². The molecule has 1 saturated carbocycles. The molecular formula is C15H24O4.